The van der Waals surface area contributed by atoms with E-state index < -0.39 is 6.10 Å². The van der Waals surface area contributed by atoms with Crippen LogP contribution in [0.15, 0.2) is 61.2 Å². The van der Waals surface area contributed by atoms with Gasteiger partial charge in [-0.3, -0.25) is 9.78 Å². The van der Waals surface area contributed by atoms with Gasteiger partial charge in [0.15, 0.2) is 0 Å². The van der Waals surface area contributed by atoms with Crippen LogP contribution < -0.4 is 5.32 Å². The fourth-order valence-electron chi connectivity index (χ4n) is 2.62. The number of nitrogens with zero attached hydrogens (tertiary/aromatic N) is 3. The molecule has 0 aliphatic rings. The lowest BCUT2D eigenvalue weighted by atomic mass is 10.1. The van der Waals surface area contributed by atoms with Crippen molar-refractivity contribution >= 4 is 5.91 Å². The van der Waals surface area contributed by atoms with E-state index in [0.29, 0.717) is 17.8 Å². The maximum absolute atomic E-state index is 12.2. The van der Waals surface area contributed by atoms with Crippen LogP contribution in [0.1, 0.15) is 35.5 Å². The van der Waals surface area contributed by atoms with Crippen LogP contribution in [0.5, 0.6) is 0 Å². The smallest absolute Gasteiger partial charge is 0.251 e. The zero-order valence-electron chi connectivity index (χ0n) is 14.7. The van der Waals surface area contributed by atoms with Crippen LogP contribution in [0.3, 0.4) is 0 Å². The summed E-state index contributed by atoms with van der Waals surface area (Å²) in [5.74, 6) is -0.0899. The molecule has 0 spiro atoms. The fraction of sp³-hybridized carbons (Fsp3) is 0.250. The van der Waals surface area contributed by atoms with Crippen LogP contribution in [0.4, 0.5) is 0 Å². The van der Waals surface area contributed by atoms with Crippen molar-refractivity contribution in [3.05, 3.63) is 72.4 Å². The summed E-state index contributed by atoms with van der Waals surface area (Å²) < 4.78 is 1.98. The van der Waals surface area contributed by atoms with Gasteiger partial charge in [-0.25, -0.2) is 4.98 Å². The van der Waals surface area contributed by atoms with Gasteiger partial charge in [-0.15, -0.1) is 0 Å². The first kappa shape index (κ1) is 17.8. The highest BCUT2D eigenvalue weighted by atomic mass is 16.3. The van der Waals surface area contributed by atoms with Gasteiger partial charge in [0.1, 0.15) is 0 Å². The molecule has 1 amide bonds. The first-order chi connectivity index (χ1) is 12.6. The largest absolute Gasteiger partial charge is 0.387 e. The third-order valence-corrected chi connectivity index (χ3v) is 4.08. The van der Waals surface area contributed by atoms with Crippen LogP contribution in [0.25, 0.3) is 11.3 Å². The minimum Gasteiger partial charge on any atom is -0.387 e. The van der Waals surface area contributed by atoms with Crippen molar-refractivity contribution in [2.24, 2.45) is 0 Å². The van der Waals surface area contributed by atoms with Crippen molar-refractivity contribution in [3.8, 4) is 11.3 Å². The van der Waals surface area contributed by atoms with Crippen molar-refractivity contribution < 1.29 is 9.90 Å². The Labute approximate surface area is 152 Å². The molecule has 0 radical (unpaired) electrons. The van der Waals surface area contributed by atoms with Gasteiger partial charge in [0.2, 0.25) is 0 Å². The lowest BCUT2D eigenvalue weighted by Gasteiger charge is -2.08. The Hall–Kier alpha value is -2.99. The number of aliphatic hydroxyl groups excluding tert-OH is 1. The summed E-state index contributed by atoms with van der Waals surface area (Å²) in [4.78, 5) is 20.7. The van der Waals surface area contributed by atoms with Crippen LogP contribution in [0.2, 0.25) is 0 Å². The number of pyridine rings is 1. The van der Waals surface area contributed by atoms with Gasteiger partial charge in [-0.05, 0) is 37.6 Å². The van der Waals surface area contributed by atoms with Gasteiger partial charge in [-0.1, -0.05) is 18.2 Å². The van der Waals surface area contributed by atoms with Gasteiger partial charge in [0.05, 0.1) is 23.8 Å². The van der Waals surface area contributed by atoms with Crippen LogP contribution >= 0.6 is 0 Å². The number of carbonyl (C=O) groups excluding carboxylic acids is 1. The van der Waals surface area contributed by atoms with Crippen LogP contribution in [-0.4, -0.2) is 32.1 Å². The molecule has 6 nitrogen and oxygen atoms in total. The molecule has 6 heteroatoms. The van der Waals surface area contributed by atoms with Crippen molar-refractivity contribution in [2.45, 2.75) is 26.0 Å². The monoisotopic (exact) mass is 350 g/mol. The lowest BCUT2D eigenvalue weighted by molar-refractivity contribution is 0.0952. The molecule has 3 aromatic rings. The highest BCUT2D eigenvalue weighted by Crippen LogP contribution is 2.20. The maximum atomic E-state index is 12.2. The van der Waals surface area contributed by atoms with E-state index in [-0.39, 0.29) is 5.91 Å². The number of nitrogens with one attached hydrogen (secondary N) is 1. The number of imidazole rings is 1. The normalized spacial score (nSPS) is 11.9. The molecular formula is C20H22N4O2. The van der Waals surface area contributed by atoms with Crippen molar-refractivity contribution in [2.75, 3.05) is 6.54 Å². The van der Waals surface area contributed by atoms with Gasteiger partial charge in [0, 0.05) is 36.6 Å². The first-order valence-electron chi connectivity index (χ1n) is 8.63. The summed E-state index contributed by atoms with van der Waals surface area (Å²) in [5.41, 5.74) is 2.92. The van der Waals surface area contributed by atoms with E-state index >= 15 is 0 Å². The molecule has 0 saturated carbocycles. The molecule has 0 aliphatic heterocycles. The predicted octanol–water partition coefficient (Wildman–Crippen LogP) is 2.82. The summed E-state index contributed by atoms with van der Waals surface area (Å²) >= 11 is 0. The average molecular weight is 350 g/mol. The summed E-state index contributed by atoms with van der Waals surface area (Å²) in [6.07, 6.45) is 5.65. The molecule has 2 heterocycles. The van der Waals surface area contributed by atoms with E-state index in [1.54, 1.807) is 37.6 Å². The third kappa shape index (κ3) is 4.55. The fourth-order valence-corrected chi connectivity index (χ4v) is 2.62. The van der Waals surface area contributed by atoms with Crippen molar-refractivity contribution in [1.82, 2.24) is 19.9 Å². The maximum Gasteiger partial charge on any atom is 0.251 e. The van der Waals surface area contributed by atoms with Gasteiger partial charge in [-0.2, -0.15) is 0 Å². The number of hydrogen-bond donors (Lipinski definition) is 2. The minimum absolute atomic E-state index is 0.0899. The number of amides is 1. The van der Waals surface area contributed by atoms with Crippen molar-refractivity contribution in [3.63, 3.8) is 0 Å². The summed E-state index contributed by atoms with van der Waals surface area (Å²) in [7, 11) is 0. The standard InChI is InChI=1S/C20H22N4O2/c1-15(25)18-4-2-5-19(23-18)16-6-8-17(9-7-16)20(26)22-10-3-12-24-13-11-21-14-24/h2,4-9,11,13-15,25H,3,10,12H2,1H3,(H,22,26)/t15-/m1/s1. The Morgan fingerprint density at radius 3 is 2.73 bits per heavy atom. The number of benzene rings is 1. The van der Waals surface area contributed by atoms with Gasteiger partial charge >= 0.3 is 0 Å². The minimum atomic E-state index is -0.609. The number of rotatable bonds is 7. The van der Waals surface area contributed by atoms with E-state index in [1.165, 1.54) is 0 Å². The Kier molecular flexibility index (Phi) is 5.76. The number of hydrogen-bond acceptors (Lipinski definition) is 4. The predicted molar refractivity (Wildman–Crippen MR) is 99.5 cm³/mol. The molecule has 26 heavy (non-hydrogen) atoms. The Morgan fingerprint density at radius 1 is 1.23 bits per heavy atom. The molecule has 0 bridgehead atoms. The second-order valence-corrected chi connectivity index (χ2v) is 6.11. The van der Waals surface area contributed by atoms with Crippen LogP contribution in [-0.2, 0) is 6.54 Å². The Morgan fingerprint density at radius 2 is 2.04 bits per heavy atom. The molecule has 0 saturated heterocycles. The number of aromatic nitrogens is 3. The van der Waals surface area contributed by atoms with Gasteiger partial charge < -0.3 is 15.0 Å². The van der Waals surface area contributed by atoms with E-state index in [9.17, 15) is 9.90 Å². The molecule has 0 unspecified atom stereocenters. The number of carbonyl (C=O) groups is 1. The van der Waals surface area contributed by atoms with Crippen LogP contribution in [0, 0.1) is 0 Å². The zero-order valence-corrected chi connectivity index (χ0v) is 14.7. The highest BCUT2D eigenvalue weighted by molar-refractivity contribution is 5.94. The second-order valence-electron chi connectivity index (χ2n) is 6.11. The first-order valence-corrected chi connectivity index (χ1v) is 8.63. The molecular weight excluding hydrogens is 328 g/mol. The second kappa shape index (κ2) is 8.40. The Bertz CT molecular complexity index is 843. The molecule has 3 rings (SSSR count). The lowest BCUT2D eigenvalue weighted by Crippen LogP contribution is -2.25. The molecule has 1 aromatic carbocycles. The van der Waals surface area contributed by atoms with E-state index in [0.717, 1.165) is 24.2 Å². The summed E-state index contributed by atoms with van der Waals surface area (Å²) in [6, 6.07) is 12.9. The topological polar surface area (TPSA) is 80.0 Å². The van der Waals surface area contributed by atoms with Crippen molar-refractivity contribution in [1.29, 1.82) is 0 Å². The Balaban J connectivity index is 1.56. The molecule has 0 aliphatic carbocycles. The SMILES string of the molecule is C[C@@H](O)c1cccc(-c2ccc(C(=O)NCCCn3ccnc3)cc2)n1. The highest BCUT2D eigenvalue weighted by Gasteiger charge is 2.08. The number of aryl methyl sites for hydroxylation is 1. The quantitative estimate of drug-likeness (QED) is 0.642. The zero-order chi connectivity index (χ0) is 18.4. The molecule has 2 N–H and O–H groups in total. The third-order valence-electron chi connectivity index (χ3n) is 4.08. The van der Waals surface area contributed by atoms with E-state index in [4.69, 9.17) is 0 Å². The van der Waals surface area contributed by atoms with Gasteiger partial charge in [0.25, 0.3) is 5.91 Å². The molecule has 2 aromatic heterocycles. The number of aliphatic hydroxyl groups is 1. The summed E-state index contributed by atoms with van der Waals surface area (Å²) in [5, 5.41) is 12.6. The van der Waals surface area contributed by atoms with E-state index in [2.05, 4.69) is 15.3 Å². The molecule has 134 valence electrons. The molecule has 1 atom stereocenters. The summed E-state index contributed by atoms with van der Waals surface area (Å²) in [6.45, 7) is 3.12. The average Bonchev–Trinajstić information content (AvgIpc) is 3.19. The molecule has 0 fully saturated rings. The van der Waals surface area contributed by atoms with E-state index in [1.807, 2.05) is 35.0 Å².